The third-order valence-corrected chi connectivity index (χ3v) is 7.11. The first-order valence-electron chi connectivity index (χ1n) is 11.9. The zero-order chi connectivity index (χ0) is 26.4. The second-order valence-corrected chi connectivity index (χ2v) is 9.89. The number of thioether (sulfide) groups is 1. The third-order valence-electron chi connectivity index (χ3n) is 5.95. The van der Waals surface area contributed by atoms with E-state index in [1.165, 1.54) is 24.6 Å². The highest BCUT2D eigenvalue weighted by atomic mass is 32.2. The Labute approximate surface area is 215 Å². The number of halogens is 3. The number of hydrogen-bond acceptors (Lipinski definition) is 7. The number of benzene rings is 1. The van der Waals surface area contributed by atoms with E-state index in [0.29, 0.717) is 29.9 Å². The summed E-state index contributed by atoms with van der Waals surface area (Å²) in [6, 6.07) is 6.68. The van der Waals surface area contributed by atoms with Crippen LogP contribution in [0.4, 0.5) is 13.2 Å². The fraction of sp³-hybridized carbons (Fsp3) is 0.423. The maximum absolute atomic E-state index is 12.9. The Morgan fingerprint density at radius 2 is 2.00 bits per heavy atom. The highest BCUT2D eigenvalue weighted by molar-refractivity contribution is 7.99. The van der Waals surface area contributed by atoms with Gasteiger partial charge in [-0.15, -0.1) is 11.8 Å². The molecule has 1 aliphatic rings. The topological polar surface area (TPSA) is 81.9 Å². The van der Waals surface area contributed by atoms with E-state index in [1.807, 2.05) is 13.0 Å². The van der Waals surface area contributed by atoms with Crippen molar-refractivity contribution in [3.05, 3.63) is 64.3 Å². The minimum absolute atomic E-state index is 0.0240. The smallest absolute Gasteiger partial charge is 0.416 e. The standard InChI is InChI=1S/C26H27F3N2O5S/c1-17-14-34-16-25(33)31(17)13-19-12-22(32)23(15-36-19)35-9-3-2-4-10-37-24-7-8-30-21-11-18(26(27,28)29)5-6-20(21)24/h5-8,11-12,15,17H,2-4,9-10,13-14,16H2,1H3/t17-/m1/s1. The number of amides is 1. The zero-order valence-corrected chi connectivity index (χ0v) is 21.1. The number of pyridine rings is 1. The number of hydrogen-bond donors (Lipinski definition) is 0. The molecule has 0 bridgehead atoms. The lowest BCUT2D eigenvalue weighted by Crippen LogP contribution is -2.47. The minimum Gasteiger partial charge on any atom is -0.487 e. The van der Waals surface area contributed by atoms with E-state index >= 15 is 0 Å². The van der Waals surface area contributed by atoms with Crippen molar-refractivity contribution in [2.24, 2.45) is 0 Å². The van der Waals surface area contributed by atoms with E-state index in [-0.39, 0.29) is 36.3 Å². The van der Waals surface area contributed by atoms with Crippen LogP contribution in [-0.4, -0.2) is 47.4 Å². The van der Waals surface area contributed by atoms with Crippen LogP contribution in [0.1, 0.15) is 37.5 Å². The van der Waals surface area contributed by atoms with Crippen molar-refractivity contribution in [1.29, 1.82) is 0 Å². The molecule has 37 heavy (non-hydrogen) atoms. The minimum atomic E-state index is -4.40. The summed E-state index contributed by atoms with van der Waals surface area (Å²) in [7, 11) is 0. The summed E-state index contributed by atoms with van der Waals surface area (Å²) in [5.41, 5.74) is -0.687. The van der Waals surface area contributed by atoms with Gasteiger partial charge < -0.3 is 18.8 Å². The van der Waals surface area contributed by atoms with Crippen molar-refractivity contribution in [2.45, 2.75) is 49.8 Å². The lowest BCUT2D eigenvalue weighted by atomic mass is 10.1. The molecule has 0 spiro atoms. The summed E-state index contributed by atoms with van der Waals surface area (Å²) in [6.45, 7) is 2.89. The number of rotatable bonds is 10. The Balaban J connectivity index is 1.19. The maximum atomic E-state index is 12.9. The van der Waals surface area contributed by atoms with Crippen molar-refractivity contribution < 1.29 is 31.9 Å². The fourth-order valence-corrected chi connectivity index (χ4v) is 5.00. The van der Waals surface area contributed by atoms with E-state index in [2.05, 4.69) is 4.98 Å². The van der Waals surface area contributed by atoms with E-state index in [9.17, 15) is 22.8 Å². The highest BCUT2D eigenvalue weighted by Gasteiger charge is 2.30. The van der Waals surface area contributed by atoms with Gasteiger partial charge in [0, 0.05) is 22.5 Å². The molecule has 1 atom stereocenters. The summed E-state index contributed by atoms with van der Waals surface area (Å²) in [5.74, 6) is 1.15. The number of carbonyl (C=O) groups excluding carboxylic acids is 1. The van der Waals surface area contributed by atoms with Gasteiger partial charge in [-0.2, -0.15) is 13.2 Å². The van der Waals surface area contributed by atoms with Crippen LogP contribution < -0.4 is 10.2 Å². The average molecular weight is 537 g/mol. The normalized spacial score (nSPS) is 16.4. The molecule has 0 saturated carbocycles. The number of alkyl halides is 3. The van der Waals surface area contributed by atoms with Crippen LogP contribution in [0.3, 0.4) is 0 Å². The summed E-state index contributed by atoms with van der Waals surface area (Å²) in [6.07, 6.45) is 0.864. The molecule has 11 heteroatoms. The van der Waals surface area contributed by atoms with Crippen molar-refractivity contribution in [3.8, 4) is 5.75 Å². The molecule has 1 saturated heterocycles. The molecule has 0 aliphatic carbocycles. The molecule has 3 heterocycles. The first-order chi connectivity index (χ1) is 17.7. The largest absolute Gasteiger partial charge is 0.487 e. The molecule has 1 amide bonds. The van der Waals surface area contributed by atoms with Crippen molar-refractivity contribution in [1.82, 2.24) is 9.88 Å². The number of fused-ring (bicyclic) bond motifs is 1. The molecular formula is C26H27F3N2O5S. The van der Waals surface area contributed by atoms with Gasteiger partial charge in [-0.1, -0.05) is 6.07 Å². The predicted octanol–water partition coefficient (Wildman–Crippen LogP) is 5.30. The molecule has 198 valence electrons. The third kappa shape index (κ3) is 7.04. The zero-order valence-electron chi connectivity index (χ0n) is 20.3. The Morgan fingerprint density at radius 3 is 2.76 bits per heavy atom. The molecular weight excluding hydrogens is 509 g/mol. The number of nitrogens with zero attached hydrogens (tertiary/aromatic N) is 2. The summed E-state index contributed by atoms with van der Waals surface area (Å²) in [5, 5.41) is 0.700. The van der Waals surface area contributed by atoms with E-state index in [0.717, 1.165) is 42.0 Å². The molecule has 0 N–H and O–H groups in total. The van der Waals surface area contributed by atoms with Crippen LogP contribution in [0.2, 0.25) is 0 Å². The van der Waals surface area contributed by atoms with Crippen LogP contribution in [0.15, 0.2) is 56.9 Å². The molecule has 4 rings (SSSR count). The molecule has 0 radical (unpaired) electrons. The van der Waals surface area contributed by atoms with Gasteiger partial charge in [0.2, 0.25) is 17.1 Å². The van der Waals surface area contributed by atoms with Gasteiger partial charge in [0.25, 0.3) is 0 Å². The fourth-order valence-electron chi connectivity index (χ4n) is 3.94. The molecule has 3 aromatic rings. The second-order valence-electron chi connectivity index (χ2n) is 8.76. The average Bonchev–Trinajstić information content (AvgIpc) is 2.86. The van der Waals surface area contributed by atoms with Crippen molar-refractivity contribution >= 4 is 28.6 Å². The highest BCUT2D eigenvalue weighted by Crippen LogP contribution is 2.34. The second kappa shape index (κ2) is 12.0. The van der Waals surface area contributed by atoms with Crippen LogP contribution in [-0.2, 0) is 22.3 Å². The molecule has 1 aliphatic heterocycles. The summed E-state index contributed by atoms with van der Waals surface area (Å²) >= 11 is 1.57. The summed E-state index contributed by atoms with van der Waals surface area (Å²) in [4.78, 5) is 31.0. The quantitative estimate of drug-likeness (QED) is 0.257. The van der Waals surface area contributed by atoms with Crippen LogP contribution in [0.25, 0.3) is 10.9 Å². The Morgan fingerprint density at radius 1 is 1.16 bits per heavy atom. The van der Waals surface area contributed by atoms with E-state index in [1.54, 1.807) is 16.7 Å². The van der Waals surface area contributed by atoms with Gasteiger partial charge in [-0.25, -0.2) is 0 Å². The number of aromatic nitrogens is 1. The van der Waals surface area contributed by atoms with Crippen LogP contribution in [0.5, 0.6) is 5.75 Å². The Hall–Kier alpha value is -3.05. The van der Waals surface area contributed by atoms with Gasteiger partial charge in [-0.3, -0.25) is 14.6 Å². The van der Waals surface area contributed by atoms with Crippen LogP contribution in [0, 0.1) is 0 Å². The monoisotopic (exact) mass is 536 g/mol. The maximum Gasteiger partial charge on any atom is 0.416 e. The lowest BCUT2D eigenvalue weighted by Gasteiger charge is -2.32. The molecule has 1 fully saturated rings. The van der Waals surface area contributed by atoms with Gasteiger partial charge in [0.15, 0.2) is 0 Å². The van der Waals surface area contributed by atoms with Crippen molar-refractivity contribution in [2.75, 3.05) is 25.6 Å². The molecule has 2 aromatic heterocycles. The number of carbonyl (C=O) groups is 1. The number of ether oxygens (including phenoxy) is 2. The number of unbranched alkanes of at least 4 members (excludes halogenated alkanes) is 2. The van der Waals surface area contributed by atoms with Crippen LogP contribution >= 0.6 is 11.8 Å². The van der Waals surface area contributed by atoms with Crippen molar-refractivity contribution in [3.63, 3.8) is 0 Å². The van der Waals surface area contributed by atoms with Gasteiger partial charge in [0.1, 0.15) is 18.6 Å². The first kappa shape index (κ1) is 27.0. The lowest BCUT2D eigenvalue weighted by molar-refractivity contribution is -0.148. The van der Waals surface area contributed by atoms with E-state index < -0.39 is 11.7 Å². The predicted molar refractivity (Wildman–Crippen MR) is 133 cm³/mol. The van der Waals surface area contributed by atoms with Gasteiger partial charge in [-0.05, 0) is 50.1 Å². The molecule has 0 unspecified atom stereocenters. The molecule has 7 nitrogen and oxygen atoms in total. The first-order valence-corrected chi connectivity index (χ1v) is 12.9. The SMILES string of the molecule is C[C@@H]1COCC(=O)N1Cc1cc(=O)c(OCCCCCSc2ccnc3cc(C(F)(F)F)ccc23)co1. The Bertz CT molecular complexity index is 1300. The summed E-state index contributed by atoms with van der Waals surface area (Å²) < 4.78 is 55.1. The van der Waals surface area contributed by atoms with E-state index in [4.69, 9.17) is 13.9 Å². The van der Waals surface area contributed by atoms with Gasteiger partial charge >= 0.3 is 6.18 Å². The Kier molecular flexibility index (Phi) is 8.75. The molecule has 1 aromatic carbocycles. The van der Waals surface area contributed by atoms with Gasteiger partial charge in [0.05, 0.1) is 36.9 Å². The number of morpholine rings is 1.